The highest BCUT2D eigenvalue weighted by Gasteiger charge is 2.23. The van der Waals surface area contributed by atoms with E-state index in [9.17, 15) is 4.79 Å². The van der Waals surface area contributed by atoms with Crippen LogP contribution in [0.1, 0.15) is 6.92 Å². The second kappa shape index (κ2) is 6.58. The molecule has 2 heterocycles. The number of carbonyl (C=O) groups is 1. The van der Waals surface area contributed by atoms with Crippen molar-refractivity contribution >= 4 is 29.5 Å². The van der Waals surface area contributed by atoms with Crippen LogP contribution in [0.2, 0.25) is 5.02 Å². The number of benzene rings is 1. The Hall–Kier alpha value is -1.73. The zero-order valence-corrected chi connectivity index (χ0v) is 13.5. The molecule has 22 heavy (non-hydrogen) atoms. The molecular formula is C14H15ClN4O2S. The molecule has 1 aliphatic heterocycles. The summed E-state index contributed by atoms with van der Waals surface area (Å²) in [6.45, 7) is 3.33. The van der Waals surface area contributed by atoms with Crippen molar-refractivity contribution < 1.29 is 9.53 Å². The summed E-state index contributed by atoms with van der Waals surface area (Å²) < 4.78 is 7.15. The third kappa shape index (κ3) is 3.20. The summed E-state index contributed by atoms with van der Waals surface area (Å²) in [6.07, 6.45) is -0.490. The Morgan fingerprint density at radius 1 is 1.50 bits per heavy atom. The van der Waals surface area contributed by atoms with Gasteiger partial charge in [0.2, 0.25) is 0 Å². The Kier molecular flexibility index (Phi) is 4.54. The van der Waals surface area contributed by atoms with E-state index < -0.39 is 0 Å². The van der Waals surface area contributed by atoms with Crippen molar-refractivity contribution in [2.24, 2.45) is 0 Å². The molecular weight excluding hydrogens is 324 g/mol. The first-order chi connectivity index (χ1) is 10.7. The summed E-state index contributed by atoms with van der Waals surface area (Å²) in [4.78, 5) is 11.0. The molecule has 0 aliphatic carbocycles. The number of aromatic nitrogens is 3. The molecule has 116 valence electrons. The van der Waals surface area contributed by atoms with Crippen LogP contribution < -0.4 is 5.32 Å². The number of nitrogens with zero attached hydrogens (tertiary/aromatic N) is 3. The highest BCUT2D eigenvalue weighted by atomic mass is 35.5. The van der Waals surface area contributed by atoms with Gasteiger partial charge in [-0.15, -0.1) is 10.2 Å². The largest absolute Gasteiger partial charge is 0.443 e. The minimum Gasteiger partial charge on any atom is -0.443 e. The van der Waals surface area contributed by atoms with E-state index in [0.717, 1.165) is 23.1 Å². The average molecular weight is 339 g/mol. The van der Waals surface area contributed by atoms with Crippen molar-refractivity contribution in [2.75, 3.05) is 12.3 Å². The van der Waals surface area contributed by atoms with Crippen LogP contribution in [0.25, 0.3) is 11.4 Å². The number of hydrogen-bond donors (Lipinski definition) is 1. The summed E-state index contributed by atoms with van der Waals surface area (Å²) in [5, 5.41) is 12.6. The van der Waals surface area contributed by atoms with Crippen LogP contribution in [0.4, 0.5) is 4.79 Å². The number of hydrogen-bond acceptors (Lipinski definition) is 5. The Morgan fingerprint density at radius 2 is 2.36 bits per heavy atom. The predicted molar refractivity (Wildman–Crippen MR) is 85.1 cm³/mol. The molecule has 6 nitrogen and oxygen atoms in total. The van der Waals surface area contributed by atoms with E-state index in [1.165, 1.54) is 11.8 Å². The van der Waals surface area contributed by atoms with Gasteiger partial charge in [0, 0.05) is 22.9 Å². The molecule has 1 N–H and O–H groups in total. The number of halogens is 1. The molecule has 1 aromatic carbocycles. The first kappa shape index (κ1) is 15.2. The van der Waals surface area contributed by atoms with Crippen molar-refractivity contribution in [3.8, 4) is 11.4 Å². The Morgan fingerprint density at radius 3 is 3.05 bits per heavy atom. The van der Waals surface area contributed by atoms with Gasteiger partial charge in [-0.2, -0.15) is 0 Å². The van der Waals surface area contributed by atoms with E-state index in [1.54, 1.807) is 0 Å². The minimum atomic E-state index is -0.359. The van der Waals surface area contributed by atoms with E-state index in [2.05, 4.69) is 15.5 Å². The van der Waals surface area contributed by atoms with Gasteiger partial charge in [0.15, 0.2) is 11.0 Å². The predicted octanol–water partition coefficient (Wildman–Crippen LogP) is 2.82. The third-order valence-corrected chi connectivity index (χ3v) is 4.60. The lowest BCUT2D eigenvalue weighted by molar-refractivity contribution is 0.150. The number of amides is 1. The maximum atomic E-state index is 11.0. The molecule has 8 heteroatoms. The number of alkyl carbamates (subject to hydrolysis) is 1. The van der Waals surface area contributed by atoms with Crippen LogP contribution in [0.15, 0.2) is 29.4 Å². The van der Waals surface area contributed by atoms with Gasteiger partial charge in [-0.25, -0.2) is 4.79 Å². The monoisotopic (exact) mass is 338 g/mol. The van der Waals surface area contributed by atoms with E-state index in [0.29, 0.717) is 17.3 Å². The molecule has 1 aliphatic rings. The Balaban J connectivity index is 1.77. The lowest BCUT2D eigenvalue weighted by Crippen LogP contribution is -2.17. The van der Waals surface area contributed by atoms with Crippen LogP contribution in [0, 0.1) is 0 Å². The fraction of sp³-hybridized carbons (Fsp3) is 0.357. The van der Waals surface area contributed by atoms with E-state index in [4.69, 9.17) is 16.3 Å². The van der Waals surface area contributed by atoms with Crippen molar-refractivity contribution in [1.82, 2.24) is 20.1 Å². The highest BCUT2D eigenvalue weighted by Crippen LogP contribution is 2.26. The zero-order chi connectivity index (χ0) is 15.5. The van der Waals surface area contributed by atoms with Gasteiger partial charge in [0.05, 0.1) is 6.54 Å². The van der Waals surface area contributed by atoms with Gasteiger partial charge >= 0.3 is 6.09 Å². The normalized spacial score (nSPS) is 17.4. The molecule has 0 bridgehead atoms. The second-order valence-electron chi connectivity index (χ2n) is 4.78. The molecule has 0 radical (unpaired) electrons. The topological polar surface area (TPSA) is 69.0 Å². The summed E-state index contributed by atoms with van der Waals surface area (Å²) >= 11 is 7.57. The lowest BCUT2D eigenvalue weighted by Gasteiger charge is -2.09. The Bertz CT molecular complexity index is 691. The molecule has 1 fully saturated rings. The lowest BCUT2D eigenvalue weighted by atomic mass is 10.2. The van der Waals surface area contributed by atoms with E-state index >= 15 is 0 Å². The van der Waals surface area contributed by atoms with Gasteiger partial charge < -0.3 is 14.6 Å². The van der Waals surface area contributed by atoms with Crippen LogP contribution in [-0.4, -0.2) is 39.3 Å². The van der Waals surface area contributed by atoms with Crippen molar-refractivity contribution in [3.63, 3.8) is 0 Å². The van der Waals surface area contributed by atoms with Gasteiger partial charge in [0.1, 0.15) is 6.10 Å². The number of rotatable bonds is 5. The molecule has 1 saturated heterocycles. The van der Waals surface area contributed by atoms with Gasteiger partial charge in [-0.1, -0.05) is 35.5 Å². The van der Waals surface area contributed by atoms with Crippen LogP contribution in [0.3, 0.4) is 0 Å². The molecule has 3 rings (SSSR count). The van der Waals surface area contributed by atoms with Crippen molar-refractivity contribution in [1.29, 1.82) is 0 Å². The number of ether oxygens (including phenoxy) is 1. The molecule has 1 aromatic heterocycles. The first-order valence-corrected chi connectivity index (χ1v) is 8.30. The van der Waals surface area contributed by atoms with Crippen molar-refractivity contribution in [3.05, 3.63) is 29.3 Å². The molecule has 0 spiro atoms. The smallest absolute Gasteiger partial charge is 0.407 e. The van der Waals surface area contributed by atoms with Gasteiger partial charge in [0.25, 0.3) is 0 Å². The molecule has 1 amide bonds. The standard InChI is InChI=1S/C14H15ClN4O2S/c1-2-19-12(9-4-3-5-10(15)6-9)17-18-13(19)22-8-11-7-16-14(20)21-11/h3-6,11H,2,7-8H2,1H3,(H,16,20)/t11-/m0/s1. The number of cyclic esters (lactones) is 1. The average Bonchev–Trinajstić information content (AvgIpc) is 3.10. The second-order valence-corrected chi connectivity index (χ2v) is 6.20. The summed E-state index contributed by atoms with van der Waals surface area (Å²) in [5.41, 5.74) is 0.933. The van der Waals surface area contributed by atoms with Gasteiger partial charge in [-0.05, 0) is 19.1 Å². The summed E-state index contributed by atoms with van der Waals surface area (Å²) in [5.74, 6) is 1.43. The first-order valence-electron chi connectivity index (χ1n) is 6.93. The number of carbonyl (C=O) groups excluding carboxylic acids is 1. The zero-order valence-electron chi connectivity index (χ0n) is 12.0. The summed E-state index contributed by atoms with van der Waals surface area (Å²) in [6, 6.07) is 7.55. The number of thioether (sulfide) groups is 1. The maximum Gasteiger partial charge on any atom is 0.407 e. The molecule has 1 atom stereocenters. The minimum absolute atomic E-state index is 0.130. The fourth-order valence-electron chi connectivity index (χ4n) is 2.21. The quantitative estimate of drug-likeness (QED) is 0.849. The van der Waals surface area contributed by atoms with Crippen LogP contribution in [0.5, 0.6) is 0 Å². The van der Waals surface area contributed by atoms with E-state index in [1.807, 2.05) is 35.8 Å². The fourth-order valence-corrected chi connectivity index (χ4v) is 3.40. The number of nitrogens with one attached hydrogen (secondary N) is 1. The highest BCUT2D eigenvalue weighted by molar-refractivity contribution is 7.99. The molecule has 0 saturated carbocycles. The van der Waals surface area contributed by atoms with Crippen LogP contribution >= 0.6 is 23.4 Å². The van der Waals surface area contributed by atoms with E-state index in [-0.39, 0.29) is 12.2 Å². The van der Waals surface area contributed by atoms with Gasteiger partial charge in [-0.3, -0.25) is 0 Å². The van der Waals surface area contributed by atoms with Crippen LogP contribution in [-0.2, 0) is 11.3 Å². The molecule has 0 unspecified atom stereocenters. The maximum absolute atomic E-state index is 11.0. The SMILES string of the molecule is CCn1c(SC[C@@H]2CNC(=O)O2)nnc1-c1cccc(Cl)c1. The molecule has 2 aromatic rings. The summed E-state index contributed by atoms with van der Waals surface area (Å²) in [7, 11) is 0. The van der Waals surface area contributed by atoms with Crippen molar-refractivity contribution in [2.45, 2.75) is 24.7 Å². The third-order valence-electron chi connectivity index (χ3n) is 3.26. The Labute approximate surface area is 137 Å².